The molecule has 0 radical (unpaired) electrons. The van der Waals surface area contributed by atoms with Crippen LogP contribution in [0.5, 0.6) is 0 Å². The predicted molar refractivity (Wildman–Crippen MR) is 79.3 cm³/mol. The minimum absolute atomic E-state index is 0.352. The topological polar surface area (TPSA) is 55.4 Å². The Morgan fingerprint density at radius 1 is 0.905 bits per heavy atom. The van der Waals surface area contributed by atoms with Crippen LogP contribution in [-0.4, -0.2) is 18.9 Å². The van der Waals surface area contributed by atoms with Crippen LogP contribution in [0.4, 0.5) is 0 Å². The third-order valence-electron chi connectivity index (χ3n) is 3.37. The Morgan fingerprint density at radius 3 is 2.38 bits per heavy atom. The van der Waals surface area contributed by atoms with E-state index in [1.54, 1.807) is 6.07 Å². The molecule has 2 aromatic rings. The zero-order chi connectivity index (χ0) is 14.8. The van der Waals surface area contributed by atoms with Crippen LogP contribution in [0.1, 0.15) is 15.9 Å². The number of fused-ring (bicyclic) bond motifs is 1. The van der Waals surface area contributed by atoms with Crippen LogP contribution in [0, 0.1) is 0 Å². The van der Waals surface area contributed by atoms with Gasteiger partial charge in [-0.2, -0.15) is 0 Å². The molecule has 2 amide bonds. The largest absolute Gasteiger partial charge is 0.504 e. The second-order valence-electron chi connectivity index (χ2n) is 4.68. The van der Waals surface area contributed by atoms with Crippen molar-refractivity contribution in [3.05, 3.63) is 65.9 Å². The maximum absolute atomic E-state index is 11.9. The lowest BCUT2D eigenvalue weighted by molar-refractivity contribution is -0.114. The zero-order valence-electron chi connectivity index (χ0n) is 11.4. The second-order valence-corrected chi connectivity index (χ2v) is 4.68. The van der Waals surface area contributed by atoms with E-state index in [9.17, 15) is 9.59 Å². The van der Waals surface area contributed by atoms with Crippen molar-refractivity contribution in [3.8, 4) is 11.1 Å². The summed E-state index contributed by atoms with van der Waals surface area (Å²) < 4.78 is 4.96. The average Bonchev–Trinajstić information content (AvgIpc) is 2.52. The number of carbonyl (C=O) groups is 2. The van der Waals surface area contributed by atoms with Crippen molar-refractivity contribution in [2.75, 3.05) is 7.11 Å². The van der Waals surface area contributed by atoms with Gasteiger partial charge in [0, 0.05) is 11.1 Å². The number of hydrogen-bond acceptors (Lipinski definition) is 3. The van der Waals surface area contributed by atoms with E-state index in [1.807, 2.05) is 42.5 Å². The second kappa shape index (κ2) is 5.25. The number of benzene rings is 2. The van der Waals surface area contributed by atoms with Crippen molar-refractivity contribution in [2.24, 2.45) is 0 Å². The lowest BCUT2D eigenvalue weighted by atomic mass is 9.92. The minimum Gasteiger partial charge on any atom is -0.504 e. The molecule has 0 aromatic heterocycles. The van der Waals surface area contributed by atoms with Gasteiger partial charge in [-0.3, -0.25) is 14.9 Å². The van der Waals surface area contributed by atoms with Crippen LogP contribution in [0.2, 0.25) is 0 Å². The molecule has 0 unspecified atom stereocenters. The first kappa shape index (κ1) is 13.1. The monoisotopic (exact) mass is 279 g/mol. The van der Waals surface area contributed by atoms with Crippen LogP contribution in [0.3, 0.4) is 0 Å². The molecule has 0 bridgehead atoms. The lowest BCUT2D eigenvalue weighted by Crippen LogP contribution is -2.36. The van der Waals surface area contributed by atoms with Gasteiger partial charge in [0.05, 0.1) is 18.9 Å². The molecule has 0 aliphatic carbocycles. The average molecular weight is 279 g/mol. The standard InChI is InChI=1S/C17H13NO3/c1-21-10-15-14-9-12(11-5-3-2-4-6-11)7-8-13(14)16(19)18-17(15)20/h2-10H,1H3,(H,18,19,20). The predicted octanol–water partition coefficient (Wildman–Crippen LogP) is 2.61. The molecule has 2 aromatic carbocycles. The maximum Gasteiger partial charge on any atom is 0.261 e. The Hall–Kier alpha value is -2.88. The van der Waals surface area contributed by atoms with Crippen LogP contribution < -0.4 is 5.32 Å². The first-order chi connectivity index (χ1) is 10.2. The van der Waals surface area contributed by atoms with E-state index in [2.05, 4.69) is 5.32 Å². The molecule has 1 heterocycles. The Kier molecular flexibility index (Phi) is 3.28. The summed E-state index contributed by atoms with van der Waals surface area (Å²) in [4.78, 5) is 23.8. The van der Waals surface area contributed by atoms with E-state index in [0.29, 0.717) is 16.7 Å². The highest BCUT2D eigenvalue weighted by Crippen LogP contribution is 2.29. The molecule has 0 saturated heterocycles. The zero-order valence-corrected chi connectivity index (χ0v) is 11.4. The summed E-state index contributed by atoms with van der Waals surface area (Å²) in [5.41, 5.74) is 3.38. The van der Waals surface area contributed by atoms with E-state index < -0.39 is 5.91 Å². The van der Waals surface area contributed by atoms with E-state index in [0.717, 1.165) is 11.1 Å². The van der Waals surface area contributed by atoms with Crippen molar-refractivity contribution in [3.63, 3.8) is 0 Å². The highest BCUT2D eigenvalue weighted by atomic mass is 16.5. The molecule has 4 nitrogen and oxygen atoms in total. The van der Waals surface area contributed by atoms with Gasteiger partial charge in [-0.15, -0.1) is 0 Å². The molecule has 0 spiro atoms. The van der Waals surface area contributed by atoms with E-state index in [-0.39, 0.29) is 5.91 Å². The Morgan fingerprint density at radius 2 is 1.67 bits per heavy atom. The van der Waals surface area contributed by atoms with Crippen LogP contribution >= 0.6 is 0 Å². The molecular formula is C17H13NO3. The molecule has 21 heavy (non-hydrogen) atoms. The summed E-state index contributed by atoms with van der Waals surface area (Å²) in [7, 11) is 1.47. The molecular weight excluding hydrogens is 266 g/mol. The molecule has 3 rings (SSSR count). The van der Waals surface area contributed by atoms with Gasteiger partial charge in [0.2, 0.25) is 0 Å². The fourth-order valence-electron chi connectivity index (χ4n) is 2.37. The van der Waals surface area contributed by atoms with Crippen molar-refractivity contribution in [1.29, 1.82) is 0 Å². The normalized spacial score (nSPS) is 15.6. The number of hydrogen-bond donors (Lipinski definition) is 1. The molecule has 0 saturated carbocycles. The molecule has 1 N–H and O–H groups in total. The number of imide groups is 1. The number of amides is 2. The van der Waals surface area contributed by atoms with Crippen LogP contribution in [-0.2, 0) is 9.53 Å². The fourth-order valence-corrected chi connectivity index (χ4v) is 2.37. The number of ether oxygens (including phenoxy) is 1. The summed E-state index contributed by atoms with van der Waals surface area (Å²) in [6.07, 6.45) is 1.36. The van der Waals surface area contributed by atoms with E-state index in [4.69, 9.17) is 4.74 Å². The van der Waals surface area contributed by atoms with Crippen LogP contribution in [0.15, 0.2) is 54.8 Å². The maximum atomic E-state index is 11.9. The SMILES string of the molecule is COC=C1C(=O)NC(=O)c2ccc(-c3ccccc3)cc21. The smallest absolute Gasteiger partial charge is 0.261 e. The first-order valence-electron chi connectivity index (χ1n) is 6.49. The quantitative estimate of drug-likeness (QED) is 0.522. The van der Waals surface area contributed by atoms with Crippen molar-refractivity contribution >= 4 is 17.4 Å². The summed E-state index contributed by atoms with van der Waals surface area (Å²) >= 11 is 0. The van der Waals surface area contributed by atoms with Gasteiger partial charge in [0.25, 0.3) is 11.8 Å². The lowest BCUT2D eigenvalue weighted by Gasteiger charge is -2.18. The summed E-state index contributed by atoms with van der Waals surface area (Å²) in [6.45, 7) is 0. The highest BCUT2D eigenvalue weighted by Gasteiger charge is 2.27. The van der Waals surface area contributed by atoms with Crippen LogP contribution in [0.25, 0.3) is 16.7 Å². The van der Waals surface area contributed by atoms with Gasteiger partial charge in [0.1, 0.15) is 0 Å². The third kappa shape index (κ3) is 2.31. The summed E-state index contributed by atoms with van der Waals surface area (Å²) in [5, 5.41) is 2.30. The molecule has 1 aliphatic heterocycles. The van der Waals surface area contributed by atoms with Gasteiger partial charge >= 0.3 is 0 Å². The van der Waals surface area contributed by atoms with Gasteiger partial charge in [0.15, 0.2) is 0 Å². The Bertz CT molecular complexity index is 748. The van der Waals surface area contributed by atoms with Gasteiger partial charge in [-0.1, -0.05) is 36.4 Å². The van der Waals surface area contributed by atoms with Gasteiger partial charge in [-0.05, 0) is 23.3 Å². The van der Waals surface area contributed by atoms with E-state index in [1.165, 1.54) is 13.4 Å². The van der Waals surface area contributed by atoms with Crippen molar-refractivity contribution in [2.45, 2.75) is 0 Å². The van der Waals surface area contributed by atoms with Gasteiger partial charge < -0.3 is 4.74 Å². The van der Waals surface area contributed by atoms with Gasteiger partial charge in [-0.25, -0.2) is 0 Å². The van der Waals surface area contributed by atoms with Crippen molar-refractivity contribution < 1.29 is 14.3 Å². The molecule has 104 valence electrons. The number of nitrogens with one attached hydrogen (secondary N) is 1. The third-order valence-corrected chi connectivity index (χ3v) is 3.37. The molecule has 0 atom stereocenters. The highest BCUT2D eigenvalue weighted by molar-refractivity contribution is 6.31. The number of methoxy groups -OCH3 is 1. The minimum atomic E-state index is -0.445. The summed E-state index contributed by atoms with van der Waals surface area (Å²) in [6, 6.07) is 15.2. The van der Waals surface area contributed by atoms with E-state index >= 15 is 0 Å². The molecule has 4 heteroatoms. The number of carbonyl (C=O) groups excluding carboxylic acids is 2. The summed E-state index contributed by atoms with van der Waals surface area (Å²) in [5.74, 6) is -0.831. The first-order valence-corrected chi connectivity index (χ1v) is 6.49. The van der Waals surface area contributed by atoms with Crippen molar-refractivity contribution in [1.82, 2.24) is 5.32 Å². The molecule has 1 aliphatic rings. The Balaban J connectivity index is 2.18. The molecule has 0 fully saturated rings. The Labute approximate surface area is 122 Å². The number of rotatable bonds is 2. The fraction of sp³-hybridized carbons (Fsp3) is 0.0588.